The van der Waals surface area contributed by atoms with E-state index in [2.05, 4.69) is 28.7 Å². The number of nitrogens with one attached hydrogen (secondary N) is 1. The Morgan fingerprint density at radius 2 is 2.35 bits per heavy atom. The van der Waals surface area contributed by atoms with Crippen LogP contribution in [0.2, 0.25) is 0 Å². The maximum atomic E-state index is 6.19. The van der Waals surface area contributed by atoms with Crippen molar-refractivity contribution in [3.8, 4) is 0 Å². The largest absolute Gasteiger partial charge is 0.467 e. The second-order valence-electron chi connectivity index (χ2n) is 5.44. The molecule has 0 fully saturated rings. The Bertz CT molecular complexity index is 770. The van der Waals surface area contributed by atoms with Gasteiger partial charge in [-0.3, -0.25) is 0 Å². The van der Waals surface area contributed by atoms with Crippen molar-refractivity contribution in [2.75, 3.05) is 17.3 Å². The summed E-state index contributed by atoms with van der Waals surface area (Å²) in [5.74, 6) is 1.86. The van der Waals surface area contributed by atoms with Gasteiger partial charge in [-0.05, 0) is 37.3 Å². The van der Waals surface area contributed by atoms with Crippen molar-refractivity contribution in [1.82, 2.24) is 10.2 Å². The SMILES string of the molecule is CSC[C@H](N)Cc1sc2c(NCc3ccco3)cnnc2c1C. The van der Waals surface area contributed by atoms with Gasteiger partial charge in [-0.2, -0.15) is 16.9 Å². The summed E-state index contributed by atoms with van der Waals surface area (Å²) in [4.78, 5) is 1.29. The van der Waals surface area contributed by atoms with E-state index in [0.717, 1.165) is 33.8 Å². The van der Waals surface area contributed by atoms with Crippen LogP contribution >= 0.6 is 23.1 Å². The minimum atomic E-state index is 0.171. The van der Waals surface area contributed by atoms with Gasteiger partial charge in [-0.1, -0.05) is 0 Å². The van der Waals surface area contributed by atoms with Crippen LogP contribution in [0.25, 0.3) is 10.2 Å². The zero-order valence-corrected chi connectivity index (χ0v) is 14.8. The number of aryl methyl sites for hydroxylation is 1. The van der Waals surface area contributed by atoms with E-state index in [1.54, 1.807) is 35.6 Å². The summed E-state index contributed by atoms with van der Waals surface area (Å²) in [5, 5.41) is 11.8. The average Bonchev–Trinajstić information content (AvgIpc) is 3.15. The minimum absolute atomic E-state index is 0.171. The van der Waals surface area contributed by atoms with E-state index in [1.807, 2.05) is 12.1 Å². The molecule has 0 aliphatic carbocycles. The zero-order chi connectivity index (χ0) is 16.2. The molecule has 23 heavy (non-hydrogen) atoms. The number of aromatic nitrogens is 2. The molecule has 0 aliphatic heterocycles. The average molecular weight is 348 g/mol. The number of anilines is 1. The molecular weight excluding hydrogens is 328 g/mol. The third kappa shape index (κ3) is 3.68. The molecule has 0 amide bonds. The van der Waals surface area contributed by atoms with Crippen LogP contribution in [0.5, 0.6) is 0 Å². The highest BCUT2D eigenvalue weighted by Gasteiger charge is 2.16. The highest BCUT2D eigenvalue weighted by molar-refractivity contribution is 7.98. The maximum absolute atomic E-state index is 6.19. The Balaban J connectivity index is 1.85. The number of rotatable bonds is 7. The highest BCUT2D eigenvalue weighted by Crippen LogP contribution is 2.34. The van der Waals surface area contributed by atoms with Gasteiger partial charge in [0.25, 0.3) is 0 Å². The Morgan fingerprint density at radius 3 is 3.09 bits per heavy atom. The van der Waals surface area contributed by atoms with Crippen molar-refractivity contribution in [3.63, 3.8) is 0 Å². The summed E-state index contributed by atoms with van der Waals surface area (Å²) < 4.78 is 6.50. The topological polar surface area (TPSA) is 77.0 Å². The molecule has 3 aromatic heterocycles. The summed E-state index contributed by atoms with van der Waals surface area (Å²) >= 11 is 3.54. The molecule has 0 aromatic carbocycles. The molecule has 0 radical (unpaired) electrons. The summed E-state index contributed by atoms with van der Waals surface area (Å²) in [6, 6.07) is 4.01. The first-order chi connectivity index (χ1) is 11.2. The smallest absolute Gasteiger partial charge is 0.122 e. The maximum Gasteiger partial charge on any atom is 0.122 e. The number of thiophene rings is 1. The number of fused-ring (bicyclic) bond motifs is 1. The number of nitrogens with two attached hydrogens (primary N) is 1. The molecule has 0 bridgehead atoms. The Hall–Kier alpha value is -1.57. The number of hydrogen-bond acceptors (Lipinski definition) is 7. The fourth-order valence-corrected chi connectivity index (χ4v) is 4.35. The second-order valence-corrected chi connectivity index (χ2v) is 7.45. The molecule has 0 spiro atoms. The summed E-state index contributed by atoms with van der Waals surface area (Å²) in [7, 11) is 0. The van der Waals surface area contributed by atoms with E-state index in [4.69, 9.17) is 10.2 Å². The van der Waals surface area contributed by atoms with E-state index in [9.17, 15) is 0 Å². The fourth-order valence-electron chi connectivity index (χ4n) is 2.48. The Morgan fingerprint density at radius 1 is 1.48 bits per heavy atom. The van der Waals surface area contributed by atoms with Crippen LogP contribution in [0.4, 0.5) is 5.69 Å². The van der Waals surface area contributed by atoms with Gasteiger partial charge in [-0.25, -0.2) is 0 Å². The lowest BCUT2D eigenvalue weighted by atomic mass is 10.1. The molecule has 0 aliphatic rings. The number of nitrogens with zero attached hydrogens (tertiary/aromatic N) is 2. The lowest BCUT2D eigenvalue weighted by Crippen LogP contribution is -2.25. The summed E-state index contributed by atoms with van der Waals surface area (Å²) in [6.07, 6.45) is 6.41. The van der Waals surface area contributed by atoms with Crippen LogP contribution in [0, 0.1) is 6.92 Å². The van der Waals surface area contributed by atoms with Crippen LogP contribution in [0.3, 0.4) is 0 Å². The molecule has 122 valence electrons. The van der Waals surface area contributed by atoms with Crippen LogP contribution in [0.15, 0.2) is 29.0 Å². The first-order valence-electron chi connectivity index (χ1n) is 7.43. The molecule has 7 heteroatoms. The number of furan rings is 1. The first-order valence-corrected chi connectivity index (χ1v) is 9.64. The second kappa shape index (κ2) is 7.33. The molecule has 3 N–H and O–H groups in total. The van der Waals surface area contributed by atoms with Crippen molar-refractivity contribution in [1.29, 1.82) is 0 Å². The monoisotopic (exact) mass is 348 g/mol. The van der Waals surface area contributed by atoms with Crippen molar-refractivity contribution in [2.45, 2.75) is 25.9 Å². The minimum Gasteiger partial charge on any atom is -0.467 e. The number of thioether (sulfide) groups is 1. The molecule has 0 unspecified atom stereocenters. The van der Waals surface area contributed by atoms with Crippen molar-refractivity contribution in [3.05, 3.63) is 40.8 Å². The normalized spacial score (nSPS) is 12.7. The Kier molecular flexibility index (Phi) is 5.20. The predicted octanol–water partition coefficient (Wildman–Crippen LogP) is 3.44. The molecule has 3 heterocycles. The van der Waals surface area contributed by atoms with Gasteiger partial charge in [0.2, 0.25) is 0 Å². The third-order valence-electron chi connectivity index (χ3n) is 3.66. The Labute approximate surface area is 143 Å². The lowest BCUT2D eigenvalue weighted by Gasteiger charge is -2.08. The summed E-state index contributed by atoms with van der Waals surface area (Å²) in [5.41, 5.74) is 9.33. The van der Waals surface area contributed by atoms with Crippen LogP contribution in [-0.2, 0) is 13.0 Å². The van der Waals surface area contributed by atoms with Crippen LogP contribution in [-0.4, -0.2) is 28.2 Å². The fraction of sp³-hybridized carbons (Fsp3) is 0.375. The molecular formula is C16H20N4OS2. The van der Waals surface area contributed by atoms with Crippen molar-refractivity contribution >= 4 is 39.0 Å². The van der Waals surface area contributed by atoms with E-state index in [0.29, 0.717) is 6.54 Å². The van der Waals surface area contributed by atoms with E-state index >= 15 is 0 Å². The van der Waals surface area contributed by atoms with Gasteiger partial charge < -0.3 is 15.5 Å². The molecule has 0 saturated carbocycles. The molecule has 5 nitrogen and oxygen atoms in total. The molecule has 0 saturated heterocycles. The van der Waals surface area contributed by atoms with Gasteiger partial charge in [-0.15, -0.1) is 16.4 Å². The highest BCUT2D eigenvalue weighted by atomic mass is 32.2. The van der Waals surface area contributed by atoms with Gasteiger partial charge in [0.05, 0.1) is 29.4 Å². The van der Waals surface area contributed by atoms with E-state index in [1.165, 1.54) is 10.4 Å². The van der Waals surface area contributed by atoms with E-state index < -0.39 is 0 Å². The quantitative estimate of drug-likeness (QED) is 0.681. The van der Waals surface area contributed by atoms with Crippen molar-refractivity contribution in [2.24, 2.45) is 5.73 Å². The predicted molar refractivity (Wildman–Crippen MR) is 98.2 cm³/mol. The van der Waals surface area contributed by atoms with Crippen molar-refractivity contribution < 1.29 is 4.42 Å². The first kappa shape index (κ1) is 16.3. The zero-order valence-electron chi connectivity index (χ0n) is 13.2. The van der Waals surface area contributed by atoms with Gasteiger partial charge >= 0.3 is 0 Å². The van der Waals surface area contributed by atoms with Gasteiger partial charge in [0.1, 0.15) is 11.3 Å². The molecule has 3 aromatic rings. The van der Waals surface area contributed by atoms with Crippen LogP contribution < -0.4 is 11.1 Å². The molecule has 3 rings (SSSR count). The third-order valence-corrected chi connectivity index (χ3v) is 5.76. The molecule has 1 atom stereocenters. The van der Waals surface area contributed by atoms with Gasteiger partial charge in [0.15, 0.2) is 0 Å². The lowest BCUT2D eigenvalue weighted by molar-refractivity contribution is 0.518. The number of hydrogen-bond donors (Lipinski definition) is 2. The van der Waals surface area contributed by atoms with E-state index in [-0.39, 0.29) is 6.04 Å². The standard InChI is InChI=1S/C16H20N4OS2/c1-10-14(6-11(17)9-22-2)23-16-13(8-19-20-15(10)16)18-7-12-4-3-5-21-12/h3-5,8,11H,6-7,9,17H2,1-2H3,(H,18,20)/t11-/m1/s1. The van der Waals surface area contributed by atoms with Gasteiger partial charge in [0, 0.05) is 16.7 Å². The van der Waals surface area contributed by atoms with Crippen LogP contribution in [0.1, 0.15) is 16.2 Å². The summed E-state index contributed by atoms with van der Waals surface area (Å²) in [6.45, 7) is 2.73.